The van der Waals surface area contributed by atoms with Gasteiger partial charge in [-0.2, -0.15) is 0 Å². The molecule has 2 atom stereocenters. The molecule has 1 aliphatic heterocycles. The van der Waals surface area contributed by atoms with E-state index in [1.54, 1.807) is 4.90 Å². The second kappa shape index (κ2) is 8.05. The summed E-state index contributed by atoms with van der Waals surface area (Å²) in [6.45, 7) is 4.77. The second-order valence-electron chi connectivity index (χ2n) is 4.75. The molecule has 0 aliphatic carbocycles. The molecule has 20 heavy (non-hydrogen) atoms. The third kappa shape index (κ3) is 3.83. The van der Waals surface area contributed by atoms with Gasteiger partial charge in [0, 0.05) is 12.3 Å². The molecule has 0 aromatic rings. The number of thioether (sulfide) groups is 1. The summed E-state index contributed by atoms with van der Waals surface area (Å²) in [7, 11) is 0. The Kier molecular flexibility index (Phi) is 6.73. The Balaban J connectivity index is 2.92. The molecule has 1 heterocycles. The molecule has 1 saturated heterocycles. The van der Waals surface area contributed by atoms with Crippen LogP contribution in [0, 0.1) is 12.3 Å². The zero-order valence-corrected chi connectivity index (χ0v) is 12.9. The van der Waals surface area contributed by atoms with Crippen LogP contribution in [-0.4, -0.2) is 57.2 Å². The molecular weight excluding hydrogens is 276 g/mol. The molecule has 1 rings (SSSR count). The molecule has 0 radical (unpaired) electrons. The summed E-state index contributed by atoms with van der Waals surface area (Å²) in [5.41, 5.74) is 0. The van der Waals surface area contributed by atoms with Crippen LogP contribution in [0.5, 0.6) is 0 Å². The highest BCUT2D eigenvalue weighted by atomic mass is 32.2. The Labute approximate surface area is 124 Å². The summed E-state index contributed by atoms with van der Waals surface area (Å²) in [5.74, 6) is 1.98. The molecule has 0 aromatic carbocycles. The number of aliphatic carboxylic acids is 1. The second-order valence-corrected chi connectivity index (χ2v) is 5.96. The third-order valence-electron chi connectivity index (χ3n) is 3.18. The maximum absolute atomic E-state index is 12.6. The lowest BCUT2D eigenvalue weighted by molar-refractivity contribution is -0.141. The van der Waals surface area contributed by atoms with Gasteiger partial charge in [-0.1, -0.05) is 26.2 Å². The van der Waals surface area contributed by atoms with Gasteiger partial charge < -0.3 is 10.0 Å². The highest BCUT2D eigenvalue weighted by molar-refractivity contribution is 8.00. The summed E-state index contributed by atoms with van der Waals surface area (Å²) >= 11 is 1.54. The summed E-state index contributed by atoms with van der Waals surface area (Å²) in [4.78, 5) is 27.0. The predicted molar refractivity (Wildman–Crippen MR) is 80.5 cm³/mol. The van der Waals surface area contributed by atoms with Crippen LogP contribution in [0.15, 0.2) is 0 Å². The van der Waals surface area contributed by atoms with E-state index >= 15 is 0 Å². The molecule has 2 amide bonds. The summed E-state index contributed by atoms with van der Waals surface area (Å²) in [6, 6.07) is -0.998. The van der Waals surface area contributed by atoms with Crippen molar-refractivity contribution >= 4 is 23.8 Å². The van der Waals surface area contributed by atoms with Crippen LogP contribution in [-0.2, 0) is 4.79 Å². The van der Waals surface area contributed by atoms with Crippen LogP contribution in [0.1, 0.15) is 33.1 Å². The van der Waals surface area contributed by atoms with Crippen molar-refractivity contribution in [2.75, 3.05) is 18.8 Å². The van der Waals surface area contributed by atoms with Gasteiger partial charge in [-0.05, 0) is 12.8 Å². The van der Waals surface area contributed by atoms with Gasteiger partial charge in [-0.25, -0.2) is 9.59 Å². The summed E-state index contributed by atoms with van der Waals surface area (Å²) in [6.07, 6.45) is 7.81. The SMILES string of the molecule is C#CCN(CCC)C(=O)N1C(CCC)SCC1C(=O)O. The molecule has 0 spiro atoms. The number of hydrogen-bond donors (Lipinski definition) is 1. The number of terminal acetylenes is 1. The monoisotopic (exact) mass is 298 g/mol. The third-order valence-corrected chi connectivity index (χ3v) is 4.54. The van der Waals surface area contributed by atoms with E-state index in [1.165, 1.54) is 16.7 Å². The van der Waals surface area contributed by atoms with Crippen molar-refractivity contribution in [1.82, 2.24) is 9.80 Å². The molecule has 112 valence electrons. The average Bonchev–Trinajstić information content (AvgIpc) is 2.82. The first-order valence-corrected chi connectivity index (χ1v) is 7.96. The molecule has 0 bridgehead atoms. The largest absolute Gasteiger partial charge is 0.480 e. The molecular formula is C14H22N2O3S. The van der Waals surface area contributed by atoms with Crippen molar-refractivity contribution < 1.29 is 14.7 Å². The highest BCUT2D eigenvalue weighted by Gasteiger charge is 2.42. The Hall–Kier alpha value is -1.35. The standard InChI is InChI=1S/C14H22N2O3S/c1-4-7-12-16(11(10-20-12)13(17)18)14(19)15(8-5-2)9-6-3/h2,11-12H,4,6-10H2,1,3H3,(H,17,18). The van der Waals surface area contributed by atoms with E-state index in [2.05, 4.69) is 5.92 Å². The lowest BCUT2D eigenvalue weighted by Gasteiger charge is -2.32. The van der Waals surface area contributed by atoms with Gasteiger partial charge in [-0.3, -0.25) is 4.90 Å². The van der Waals surface area contributed by atoms with E-state index in [1.807, 2.05) is 13.8 Å². The quantitative estimate of drug-likeness (QED) is 0.763. The highest BCUT2D eigenvalue weighted by Crippen LogP contribution is 2.33. The maximum atomic E-state index is 12.6. The zero-order valence-electron chi connectivity index (χ0n) is 12.0. The molecule has 0 saturated carbocycles. The van der Waals surface area contributed by atoms with Crippen LogP contribution >= 0.6 is 11.8 Å². The number of carboxylic acids is 1. The molecule has 5 nitrogen and oxygen atoms in total. The number of carbonyl (C=O) groups is 2. The fourth-order valence-electron chi connectivity index (χ4n) is 2.27. The van der Waals surface area contributed by atoms with Crippen LogP contribution in [0.2, 0.25) is 0 Å². The molecule has 1 fully saturated rings. The Bertz CT molecular complexity index is 394. The maximum Gasteiger partial charge on any atom is 0.327 e. The van der Waals surface area contributed by atoms with Crippen molar-refractivity contribution in [3.63, 3.8) is 0 Å². The van der Waals surface area contributed by atoms with E-state index < -0.39 is 12.0 Å². The van der Waals surface area contributed by atoms with Crippen molar-refractivity contribution in [3.05, 3.63) is 0 Å². The molecule has 1 aliphatic rings. The number of hydrogen-bond acceptors (Lipinski definition) is 3. The van der Waals surface area contributed by atoms with Gasteiger partial charge in [-0.15, -0.1) is 18.2 Å². The van der Waals surface area contributed by atoms with E-state index in [-0.39, 0.29) is 17.9 Å². The van der Waals surface area contributed by atoms with Crippen LogP contribution in [0.3, 0.4) is 0 Å². The Morgan fingerprint density at radius 3 is 2.65 bits per heavy atom. The van der Waals surface area contributed by atoms with Crippen molar-refractivity contribution in [3.8, 4) is 12.3 Å². The van der Waals surface area contributed by atoms with Gasteiger partial charge in [0.25, 0.3) is 0 Å². The predicted octanol–water partition coefficient (Wildman–Crippen LogP) is 2.08. The van der Waals surface area contributed by atoms with Gasteiger partial charge in [0.2, 0.25) is 0 Å². The van der Waals surface area contributed by atoms with E-state index in [9.17, 15) is 14.7 Å². The number of amides is 2. The fourth-order valence-corrected chi connectivity index (χ4v) is 3.77. The summed E-state index contributed by atoms with van der Waals surface area (Å²) in [5, 5.41) is 9.23. The lowest BCUT2D eigenvalue weighted by atomic mass is 10.2. The van der Waals surface area contributed by atoms with Gasteiger partial charge in [0.15, 0.2) is 0 Å². The zero-order chi connectivity index (χ0) is 15.1. The lowest BCUT2D eigenvalue weighted by Crippen LogP contribution is -2.52. The van der Waals surface area contributed by atoms with E-state index in [4.69, 9.17) is 6.42 Å². The fraction of sp³-hybridized carbons (Fsp3) is 0.714. The topological polar surface area (TPSA) is 60.9 Å². The smallest absolute Gasteiger partial charge is 0.327 e. The van der Waals surface area contributed by atoms with E-state index in [0.29, 0.717) is 12.3 Å². The van der Waals surface area contributed by atoms with Crippen LogP contribution < -0.4 is 0 Å². The van der Waals surface area contributed by atoms with Crippen molar-refractivity contribution in [2.45, 2.75) is 44.5 Å². The first kappa shape index (κ1) is 16.7. The molecule has 2 unspecified atom stereocenters. The summed E-state index contributed by atoms with van der Waals surface area (Å²) < 4.78 is 0. The molecule has 1 N–H and O–H groups in total. The molecule has 6 heteroatoms. The van der Waals surface area contributed by atoms with Crippen LogP contribution in [0.4, 0.5) is 4.79 Å². The van der Waals surface area contributed by atoms with Crippen molar-refractivity contribution in [2.24, 2.45) is 0 Å². The minimum Gasteiger partial charge on any atom is -0.480 e. The molecule has 0 aromatic heterocycles. The van der Waals surface area contributed by atoms with Gasteiger partial charge >= 0.3 is 12.0 Å². The van der Waals surface area contributed by atoms with Crippen molar-refractivity contribution in [1.29, 1.82) is 0 Å². The Morgan fingerprint density at radius 1 is 1.45 bits per heavy atom. The average molecular weight is 298 g/mol. The normalized spacial score (nSPS) is 21.6. The number of nitrogens with zero attached hydrogens (tertiary/aromatic N) is 2. The van der Waals surface area contributed by atoms with Crippen LogP contribution in [0.25, 0.3) is 0 Å². The number of rotatable bonds is 6. The number of urea groups is 1. The minimum absolute atomic E-state index is 0.0641. The minimum atomic E-state index is -0.943. The first-order chi connectivity index (χ1) is 9.56. The Morgan fingerprint density at radius 2 is 2.15 bits per heavy atom. The van der Waals surface area contributed by atoms with Gasteiger partial charge in [0.1, 0.15) is 6.04 Å². The number of carboxylic acid groups (broad SMARTS) is 1. The first-order valence-electron chi connectivity index (χ1n) is 6.91. The number of carbonyl (C=O) groups excluding carboxylic acids is 1. The van der Waals surface area contributed by atoms with Gasteiger partial charge in [0.05, 0.1) is 11.9 Å². The van der Waals surface area contributed by atoms with E-state index in [0.717, 1.165) is 19.3 Å².